The number of anilines is 1. The van der Waals surface area contributed by atoms with Crippen molar-refractivity contribution in [3.8, 4) is 11.3 Å². The first kappa shape index (κ1) is 23.2. The van der Waals surface area contributed by atoms with Gasteiger partial charge in [0, 0.05) is 60.3 Å². The highest BCUT2D eigenvalue weighted by molar-refractivity contribution is 6.32. The van der Waals surface area contributed by atoms with Crippen molar-refractivity contribution in [2.45, 2.75) is 6.10 Å². The monoisotopic (exact) mass is 488 g/mol. The van der Waals surface area contributed by atoms with E-state index in [1.165, 1.54) is 0 Å². The maximum Gasteiger partial charge on any atom is 0.124 e. The van der Waals surface area contributed by atoms with Crippen molar-refractivity contribution < 1.29 is 9.84 Å². The molecule has 35 heavy (non-hydrogen) atoms. The number of morpholine rings is 1. The zero-order chi connectivity index (χ0) is 24.4. The van der Waals surface area contributed by atoms with E-state index in [4.69, 9.17) is 16.3 Å². The molecule has 1 N–H and O–H groups in total. The van der Waals surface area contributed by atoms with Gasteiger partial charge in [-0.05, 0) is 42.5 Å². The molecule has 0 bridgehead atoms. The summed E-state index contributed by atoms with van der Waals surface area (Å²) < 4.78 is 7.03. The number of aliphatic hydroxyl groups is 1. The Morgan fingerprint density at radius 1 is 1.14 bits per heavy atom. The van der Waals surface area contributed by atoms with E-state index >= 15 is 0 Å². The van der Waals surface area contributed by atoms with E-state index < -0.39 is 6.10 Å². The SMILES string of the molecule is C=Nn1cccc1/C(=N\C)C(O)c1cc(-c2ncnc3cc(N4CCOCC4)ccc23)ccc1Cl. The highest BCUT2D eigenvalue weighted by atomic mass is 35.5. The van der Waals surface area contributed by atoms with Crippen LogP contribution in [0.2, 0.25) is 5.02 Å². The molecule has 9 heteroatoms. The number of benzene rings is 2. The van der Waals surface area contributed by atoms with E-state index in [1.807, 2.05) is 30.3 Å². The van der Waals surface area contributed by atoms with Gasteiger partial charge in [-0.15, -0.1) is 0 Å². The first-order valence-corrected chi connectivity index (χ1v) is 11.6. The molecule has 0 aliphatic carbocycles. The molecule has 8 nitrogen and oxygen atoms in total. The summed E-state index contributed by atoms with van der Waals surface area (Å²) in [5, 5.41) is 16.6. The summed E-state index contributed by atoms with van der Waals surface area (Å²) in [6.07, 6.45) is 2.24. The molecule has 2 aromatic heterocycles. The highest BCUT2D eigenvalue weighted by Gasteiger charge is 2.23. The number of aliphatic imine (C=N–C) groups is 1. The maximum atomic E-state index is 11.3. The fourth-order valence-electron chi connectivity index (χ4n) is 4.42. The molecule has 178 valence electrons. The molecular formula is C26H25ClN6O2. The van der Waals surface area contributed by atoms with Gasteiger partial charge in [-0.3, -0.25) is 4.99 Å². The van der Waals surface area contributed by atoms with Crippen LogP contribution in [0.4, 0.5) is 5.69 Å². The number of rotatable bonds is 6. The topological polar surface area (TPSA) is 88.1 Å². The molecule has 1 aliphatic heterocycles. The van der Waals surface area contributed by atoms with Crippen LogP contribution in [0.15, 0.2) is 71.1 Å². The standard InChI is InChI=1S/C26H25ClN6O2/c1-28-25(23-4-3-9-33(23)29-2)26(34)20-14-17(5-8-21(20)27)24-19-7-6-18(15-22(19)30-16-31-24)32-10-12-35-13-11-32/h3-9,14-16,26,34H,2,10-13H2,1H3/b28-25+. The predicted octanol–water partition coefficient (Wildman–Crippen LogP) is 4.20. The largest absolute Gasteiger partial charge is 0.382 e. The van der Waals surface area contributed by atoms with Gasteiger partial charge in [0.15, 0.2) is 0 Å². The van der Waals surface area contributed by atoms with Crippen LogP contribution in [0.25, 0.3) is 22.2 Å². The number of nitrogens with zero attached hydrogens (tertiary/aromatic N) is 6. The molecule has 0 spiro atoms. The van der Waals surface area contributed by atoms with Gasteiger partial charge in [0.25, 0.3) is 0 Å². The Kier molecular flexibility index (Phi) is 6.59. The second kappa shape index (κ2) is 9.95. The molecule has 0 amide bonds. The predicted molar refractivity (Wildman–Crippen MR) is 140 cm³/mol. The van der Waals surface area contributed by atoms with Crippen LogP contribution in [0, 0.1) is 0 Å². The minimum absolute atomic E-state index is 0.431. The minimum atomic E-state index is -1.07. The molecule has 0 radical (unpaired) electrons. The zero-order valence-electron chi connectivity index (χ0n) is 19.3. The maximum absolute atomic E-state index is 11.3. The van der Waals surface area contributed by atoms with Crippen molar-refractivity contribution in [3.63, 3.8) is 0 Å². The van der Waals surface area contributed by atoms with Crippen molar-refractivity contribution in [2.24, 2.45) is 10.1 Å². The molecule has 2 aromatic carbocycles. The van der Waals surface area contributed by atoms with Gasteiger partial charge in [-0.1, -0.05) is 17.7 Å². The average Bonchev–Trinajstić information content (AvgIpc) is 3.38. The van der Waals surface area contributed by atoms with Crippen LogP contribution in [-0.4, -0.2) is 65.5 Å². The molecule has 0 saturated carbocycles. The van der Waals surface area contributed by atoms with Crippen LogP contribution in [0.5, 0.6) is 0 Å². The Bertz CT molecular complexity index is 1410. The van der Waals surface area contributed by atoms with E-state index in [0.717, 1.165) is 54.2 Å². The van der Waals surface area contributed by atoms with Crippen molar-refractivity contribution in [1.29, 1.82) is 0 Å². The lowest BCUT2D eigenvalue weighted by Crippen LogP contribution is -2.36. The lowest BCUT2D eigenvalue weighted by molar-refractivity contribution is 0.122. The second-order valence-electron chi connectivity index (χ2n) is 8.15. The molecule has 4 aromatic rings. The van der Waals surface area contributed by atoms with Gasteiger partial charge in [0.2, 0.25) is 0 Å². The van der Waals surface area contributed by atoms with E-state index in [1.54, 1.807) is 30.3 Å². The third kappa shape index (κ3) is 4.43. The number of hydrogen-bond donors (Lipinski definition) is 1. The summed E-state index contributed by atoms with van der Waals surface area (Å²) in [7, 11) is 1.63. The molecule has 3 heterocycles. The summed E-state index contributed by atoms with van der Waals surface area (Å²) in [4.78, 5) is 15.7. The smallest absolute Gasteiger partial charge is 0.124 e. The normalized spacial score (nSPS) is 15.4. The average molecular weight is 489 g/mol. The highest BCUT2D eigenvalue weighted by Crippen LogP contribution is 2.34. The number of fused-ring (bicyclic) bond motifs is 1. The third-order valence-electron chi connectivity index (χ3n) is 6.20. The number of ether oxygens (including phenoxy) is 1. The fraction of sp³-hybridized carbons (Fsp3) is 0.231. The van der Waals surface area contributed by atoms with Crippen LogP contribution in [0.3, 0.4) is 0 Å². The molecule has 1 fully saturated rings. The van der Waals surface area contributed by atoms with Crippen LogP contribution < -0.4 is 4.90 Å². The van der Waals surface area contributed by atoms with Gasteiger partial charge in [-0.25, -0.2) is 14.6 Å². The zero-order valence-corrected chi connectivity index (χ0v) is 20.1. The lowest BCUT2D eigenvalue weighted by atomic mass is 9.98. The van der Waals surface area contributed by atoms with Crippen LogP contribution in [-0.2, 0) is 4.74 Å². The molecule has 1 aliphatic rings. The molecule has 5 rings (SSSR count). The van der Waals surface area contributed by atoms with Gasteiger partial charge in [0.1, 0.15) is 12.4 Å². The molecular weight excluding hydrogens is 464 g/mol. The first-order chi connectivity index (χ1) is 17.1. The molecule has 1 unspecified atom stereocenters. The van der Waals surface area contributed by atoms with E-state index in [-0.39, 0.29) is 0 Å². The van der Waals surface area contributed by atoms with Gasteiger partial charge in [-0.2, -0.15) is 5.10 Å². The Balaban J connectivity index is 1.54. The summed E-state index contributed by atoms with van der Waals surface area (Å²) in [6, 6.07) is 15.4. The van der Waals surface area contributed by atoms with Crippen molar-refractivity contribution in [2.75, 3.05) is 38.3 Å². The summed E-state index contributed by atoms with van der Waals surface area (Å²) in [5.74, 6) is 0. The Morgan fingerprint density at radius 3 is 2.74 bits per heavy atom. The van der Waals surface area contributed by atoms with Crippen molar-refractivity contribution in [1.82, 2.24) is 14.6 Å². The Morgan fingerprint density at radius 2 is 1.97 bits per heavy atom. The van der Waals surface area contributed by atoms with E-state index in [2.05, 4.69) is 43.8 Å². The van der Waals surface area contributed by atoms with Gasteiger partial charge in [0.05, 0.1) is 35.8 Å². The molecule has 1 atom stereocenters. The van der Waals surface area contributed by atoms with Gasteiger partial charge < -0.3 is 14.7 Å². The first-order valence-electron chi connectivity index (χ1n) is 11.3. The van der Waals surface area contributed by atoms with Crippen LogP contribution in [0.1, 0.15) is 17.4 Å². The third-order valence-corrected chi connectivity index (χ3v) is 6.55. The Hall–Kier alpha value is -3.59. The fourth-order valence-corrected chi connectivity index (χ4v) is 4.64. The number of halogens is 1. The summed E-state index contributed by atoms with van der Waals surface area (Å²) in [5.41, 5.74) is 5.14. The minimum Gasteiger partial charge on any atom is -0.382 e. The number of aromatic nitrogens is 3. The van der Waals surface area contributed by atoms with Crippen molar-refractivity contribution in [3.05, 3.63) is 77.3 Å². The summed E-state index contributed by atoms with van der Waals surface area (Å²) in [6.45, 7) is 6.73. The molecule has 1 saturated heterocycles. The quantitative estimate of drug-likeness (QED) is 0.411. The second-order valence-corrected chi connectivity index (χ2v) is 8.56. The number of aliphatic hydroxyl groups excluding tert-OH is 1. The lowest BCUT2D eigenvalue weighted by Gasteiger charge is -2.29. The van der Waals surface area contributed by atoms with E-state index in [9.17, 15) is 5.11 Å². The van der Waals surface area contributed by atoms with Gasteiger partial charge >= 0.3 is 0 Å². The summed E-state index contributed by atoms with van der Waals surface area (Å²) >= 11 is 6.53. The number of hydrogen-bond acceptors (Lipinski definition) is 7. The Labute approximate surface area is 208 Å². The van der Waals surface area contributed by atoms with Crippen molar-refractivity contribution >= 4 is 40.6 Å². The van der Waals surface area contributed by atoms with Crippen LogP contribution >= 0.6 is 11.6 Å². The van der Waals surface area contributed by atoms with E-state index in [0.29, 0.717) is 22.0 Å².